The zero-order valence-corrected chi connectivity index (χ0v) is 41.9. The molecule has 0 radical (unpaired) electrons. The molecule has 0 atom stereocenters. The van der Waals surface area contributed by atoms with Crippen LogP contribution in [0.15, 0.2) is 146 Å². The summed E-state index contributed by atoms with van der Waals surface area (Å²) in [7, 11) is 0. The van der Waals surface area contributed by atoms with E-state index >= 15 is 0 Å². The Kier molecular flexibility index (Phi) is 12.6. The molecule has 7 rings (SSSR count). The number of benzene rings is 5. The largest absolute Gasteiger partial charge is 0.338 e. The van der Waals surface area contributed by atoms with E-state index in [1.165, 1.54) is 88.9 Å². The highest BCUT2D eigenvalue weighted by Crippen LogP contribution is 2.41. The summed E-state index contributed by atoms with van der Waals surface area (Å²) in [5.74, 6) is 0. The van der Waals surface area contributed by atoms with Gasteiger partial charge < -0.3 is 9.80 Å². The highest BCUT2D eigenvalue weighted by Gasteiger charge is 2.28. The number of rotatable bonds is 6. The maximum atomic E-state index is 2.52. The molecule has 0 saturated heterocycles. The van der Waals surface area contributed by atoms with E-state index < -0.39 is 0 Å². The summed E-state index contributed by atoms with van der Waals surface area (Å²) in [4.78, 5) is 5.05. The van der Waals surface area contributed by atoms with Crippen LogP contribution >= 0.6 is 0 Å². The topological polar surface area (TPSA) is 6.48 Å². The Bertz CT molecular complexity index is 2360. The normalized spacial score (nSPS) is 15.4. The van der Waals surface area contributed by atoms with Crippen molar-refractivity contribution in [3.63, 3.8) is 0 Å². The molecule has 0 aromatic heterocycles. The third kappa shape index (κ3) is 9.87. The van der Waals surface area contributed by atoms with Gasteiger partial charge in [0, 0.05) is 34.9 Å². The fourth-order valence-electron chi connectivity index (χ4n) is 8.96. The van der Waals surface area contributed by atoms with Crippen LogP contribution in [0.5, 0.6) is 0 Å². The van der Waals surface area contributed by atoms with Crippen molar-refractivity contribution in [2.24, 2.45) is 0 Å². The fraction of sp³-hybridized carbons (Fsp3) is 0.355. The van der Waals surface area contributed by atoms with Crippen LogP contribution in [0.4, 0.5) is 0 Å². The van der Waals surface area contributed by atoms with Gasteiger partial charge in [-0.25, -0.2) is 0 Å². The predicted octanol–water partition coefficient (Wildman–Crippen LogP) is 14.8. The molecule has 0 aliphatic carbocycles. The van der Waals surface area contributed by atoms with E-state index in [0.717, 1.165) is 0 Å². The fourth-order valence-corrected chi connectivity index (χ4v) is 8.96. The molecule has 0 fully saturated rings. The van der Waals surface area contributed by atoms with Crippen molar-refractivity contribution in [2.45, 2.75) is 145 Å². The second-order valence-corrected chi connectivity index (χ2v) is 22.8. The summed E-state index contributed by atoms with van der Waals surface area (Å²) in [6.45, 7) is 36.6. The van der Waals surface area contributed by atoms with Gasteiger partial charge in [0.05, 0.1) is 0 Å². The Hall–Kier alpha value is -5.60. The summed E-state index contributed by atoms with van der Waals surface area (Å²) < 4.78 is 0. The molecule has 0 bridgehead atoms. The standard InChI is InChI=1S/C62H74N2/c1-41(2)63-55(45-21-29-51(30-22-45)59(5,6)7)37-49(38-56(63)46-23-31-52(32-24-46)60(8,9)10)43-17-19-44(20-18-43)50-39-57(47-25-33-53(34-26-47)61(11,12)13)64(42(3)4)58(40-50)48-27-35-54(36-28-48)62(14,15)16/h17-42H,1-16H3. The van der Waals surface area contributed by atoms with Crippen molar-refractivity contribution in [2.75, 3.05) is 0 Å². The van der Waals surface area contributed by atoms with Crippen LogP contribution < -0.4 is 10.4 Å². The molecule has 2 aliphatic rings. The lowest BCUT2D eigenvalue weighted by atomic mass is 9.85. The molecular weight excluding hydrogens is 773 g/mol. The van der Waals surface area contributed by atoms with Gasteiger partial charge >= 0.3 is 0 Å². The monoisotopic (exact) mass is 847 g/mol. The number of hydrogen-bond donors (Lipinski definition) is 0. The smallest absolute Gasteiger partial charge is 0.0493 e. The van der Waals surface area contributed by atoms with E-state index in [4.69, 9.17) is 0 Å². The molecule has 2 heteroatoms. The molecular formula is C62H74N2. The third-order valence-corrected chi connectivity index (χ3v) is 13.0. The zero-order valence-electron chi connectivity index (χ0n) is 41.9. The van der Waals surface area contributed by atoms with Gasteiger partial charge in [-0.05, 0) is 140 Å². The van der Waals surface area contributed by atoms with Gasteiger partial charge in [0.15, 0.2) is 0 Å². The minimum atomic E-state index is 0.0825. The molecule has 5 aromatic carbocycles. The van der Waals surface area contributed by atoms with Crippen molar-refractivity contribution in [1.29, 1.82) is 0 Å². The van der Waals surface area contributed by atoms with Gasteiger partial charge in [-0.2, -0.15) is 0 Å². The van der Waals surface area contributed by atoms with Crippen molar-refractivity contribution in [3.8, 4) is 0 Å². The SMILES string of the molecule is CC(C)N1C(c2ccc(C(C)(C)C)cc2)=CC(=c2ccc(=C3C=C(c4ccc(C(C)(C)C)cc4)N(C(C)C)C(c4ccc(C(C)(C)C)cc4)=C3)cc2)C=C1c1ccc(C(C)(C)C)cc1. The van der Waals surface area contributed by atoms with Crippen LogP contribution in [0.2, 0.25) is 0 Å². The Morgan fingerprint density at radius 2 is 0.469 bits per heavy atom. The molecule has 332 valence electrons. The molecule has 64 heavy (non-hydrogen) atoms. The lowest BCUT2D eigenvalue weighted by molar-refractivity contribution is 0.456. The first-order valence-corrected chi connectivity index (χ1v) is 23.6. The van der Waals surface area contributed by atoms with E-state index in [1.807, 2.05) is 0 Å². The molecule has 0 N–H and O–H groups in total. The van der Waals surface area contributed by atoms with Crippen LogP contribution in [0.3, 0.4) is 0 Å². The van der Waals surface area contributed by atoms with E-state index in [0.29, 0.717) is 0 Å². The van der Waals surface area contributed by atoms with E-state index in [-0.39, 0.29) is 33.7 Å². The van der Waals surface area contributed by atoms with Gasteiger partial charge in [0.25, 0.3) is 0 Å². The predicted molar refractivity (Wildman–Crippen MR) is 279 cm³/mol. The third-order valence-electron chi connectivity index (χ3n) is 13.0. The van der Waals surface area contributed by atoms with Gasteiger partial charge in [0.2, 0.25) is 0 Å². The van der Waals surface area contributed by atoms with Crippen LogP contribution in [-0.4, -0.2) is 21.9 Å². The Morgan fingerprint density at radius 3 is 0.625 bits per heavy atom. The maximum Gasteiger partial charge on any atom is 0.0493 e. The average molecular weight is 847 g/mol. The zero-order chi connectivity index (χ0) is 46.5. The highest BCUT2D eigenvalue weighted by molar-refractivity contribution is 5.95. The van der Waals surface area contributed by atoms with Gasteiger partial charge in [0.1, 0.15) is 0 Å². The van der Waals surface area contributed by atoms with Crippen molar-refractivity contribution in [3.05, 3.63) is 201 Å². The summed E-state index contributed by atoms with van der Waals surface area (Å²) in [5.41, 5.74) is 17.9. The molecule has 0 spiro atoms. The maximum absolute atomic E-state index is 2.52. The quantitative estimate of drug-likeness (QED) is 0.168. The van der Waals surface area contributed by atoms with Crippen LogP contribution in [-0.2, 0) is 21.7 Å². The molecule has 2 heterocycles. The molecule has 5 aromatic rings. The summed E-state index contributed by atoms with van der Waals surface area (Å²) >= 11 is 0. The number of hydrogen-bond acceptors (Lipinski definition) is 2. The first-order valence-electron chi connectivity index (χ1n) is 23.6. The highest BCUT2D eigenvalue weighted by atomic mass is 15.2. The Balaban J connectivity index is 1.44. The Morgan fingerprint density at radius 1 is 0.281 bits per heavy atom. The van der Waals surface area contributed by atoms with Crippen LogP contribution in [0, 0.1) is 0 Å². The average Bonchev–Trinajstić information content (AvgIpc) is 3.24. The van der Waals surface area contributed by atoms with Gasteiger partial charge in [-0.3, -0.25) is 0 Å². The minimum absolute atomic E-state index is 0.0825. The molecule has 2 nitrogen and oxygen atoms in total. The van der Waals surface area contributed by atoms with Crippen molar-refractivity contribution >= 4 is 33.9 Å². The van der Waals surface area contributed by atoms with Crippen molar-refractivity contribution in [1.82, 2.24) is 9.80 Å². The van der Waals surface area contributed by atoms with Gasteiger partial charge in [-0.1, -0.05) is 204 Å². The lowest BCUT2D eigenvalue weighted by Gasteiger charge is -2.37. The second kappa shape index (κ2) is 17.4. The number of nitrogens with zero attached hydrogens (tertiary/aromatic N) is 2. The molecule has 0 amide bonds. The first-order chi connectivity index (χ1) is 29.9. The minimum Gasteiger partial charge on any atom is -0.338 e. The molecule has 0 unspecified atom stereocenters. The number of allylic oxidation sites excluding steroid dienone is 4. The summed E-state index contributed by atoms with van der Waals surface area (Å²) in [6.07, 6.45) is 9.61. The molecule has 2 aliphatic heterocycles. The van der Waals surface area contributed by atoms with E-state index in [2.05, 4.69) is 266 Å². The van der Waals surface area contributed by atoms with Gasteiger partial charge in [-0.15, -0.1) is 0 Å². The lowest BCUT2D eigenvalue weighted by Crippen LogP contribution is -2.31. The second-order valence-electron chi connectivity index (χ2n) is 22.8. The Labute approximate surface area is 387 Å². The van der Waals surface area contributed by atoms with E-state index in [1.54, 1.807) is 0 Å². The summed E-state index contributed by atoms with van der Waals surface area (Å²) in [5, 5.41) is 2.40. The molecule has 0 saturated carbocycles. The van der Waals surface area contributed by atoms with Crippen molar-refractivity contribution < 1.29 is 0 Å². The summed E-state index contributed by atoms with van der Waals surface area (Å²) in [6, 6.07) is 46.8. The van der Waals surface area contributed by atoms with Crippen LogP contribution in [0.25, 0.3) is 33.9 Å². The van der Waals surface area contributed by atoms with Crippen LogP contribution in [0.1, 0.15) is 155 Å². The first kappa shape index (κ1) is 46.4. The van der Waals surface area contributed by atoms with E-state index in [9.17, 15) is 0 Å².